The van der Waals surface area contributed by atoms with E-state index in [1.165, 1.54) is 0 Å². The predicted molar refractivity (Wildman–Crippen MR) is 82.9 cm³/mol. The molecule has 0 aliphatic carbocycles. The molecule has 0 saturated heterocycles. The maximum absolute atomic E-state index is 6.16. The van der Waals surface area contributed by atoms with Gasteiger partial charge in [0.25, 0.3) is 5.89 Å². The highest BCUT2D eigenvalue weighted by atomic mass is 35.5. The van der Waals surface area contributed by atoms with Crippen molar-refractivity contribution in [3.05, 3.63) is 59.1 Å². The summed E-state index contributed by atoms with van der Waals surface area (Å²) in [4.78, 5) is 4.45. The van der Waals surface area contributed by atoms with Gasteiger partial charge in [0.2, 0.25) is 5.82 Å². The van der Waals surface area contributed by atoms with E-state index in [1.807, 2.05) is 42.5 Å². The molecule has 106 valence electrons. The highest BCUT2D eigenvalue weighted by Gasteiger charge is 2.14. The van der Waals surface area contributed by atoms with Gasteiger partial charge in [-0.15, -0.1) is 0 Å². The number of nitrogens with zero attached hydrogens (tertiary/aromatic N) is 2. The highest BCUT2D eigenvalue weighted by molar-refractivity contribution is 6.33. The van der Waals surface area contributed by atoms with Crippen LogP contribution < -0.4 is 5.73 Å². The number of rotatable bonds is 4. The van der Waals surface area contributed by atoms with Crippen LogP contribution in [0, 0.1) is 0 Å². The van der Waals surface area contributed by atoms with Crippen LogP contribution in [0.15, 0.2) is 53.1 Å². The van der Waals surface area contributed by atoms with Crippen molar-refractivity contribution in [1.82, 2.24) is 10.1 Å². The molecule has 2 N–H and O–H groups in total. The summed E-state index contributed by atoms with van der Waals surface area (Å²) in [5, 5.41) is 4.62. The van der Waals surface area contributed by atoms with Gasteiger partial charge in [-0.1, -0.05) is 47.1 Å². The molecule has 3 aromatic rings. The molecule has 0 aliphatic heterocycles. The summed E-state index contributed by atoms with van der Waals surface area (Å²) in [5.74, 6) is 0.965. The van der Waals surface area contributed by atoms with Gasteiger partial charge in [-0.3, -0.25) is 0 Å². The third-order valence-electron chi connectivity index (χ3n) is 3.20. The lowest BCUT2D eigenvalue weighted by atomic mass is 10.0. The second-order valence-corrected chi connectivity index (χ2v) is 5.01. The van der Waals surface area contributed by atoms with E-state index in [0.29, 0.717) is 23.3 Å². The lowest BCUT2D eigenvalue weighted by Gasteiger charge is -2.03. The minimum atomic E-state index is 0.481. The van der Waals surface area contributed by atoms with Crippen molar-refractivity contribution in [3.8, 4) is 22.8 Å². The molecule has 0 radical (unpaired) electrons. The van der Waals surface area contributed by atoms with Gasteiger partial charge in [0.15, 0.2) is 0 Å². The molecule has 0 spiro atoms. The Kier molecular flexibility index (Phi) is 3.99. The number of aromatic nitrogens is 2. The summed E-state index contributed by atoms with van der Waals surface area (Å²) in [6.07, 6.45) is 0.764. The van der Waals surface area contributed by atoms with Crippen LogP contribution >= 0.6 is 11.6 Å². The van der Waals surface area contributed by atoms with E-state index in [2.05, 4.69) is 10.1 Å². The van der Waals surface area contributed by atoms with Crippen LogP contribution in [0.3, 0.4) is 0 Å². The van der Waals surface area contributed by atoms with Crippen molar-refractivity contribution < 1.29 is 4.52 Å². The van der Waals surface area contributed by atoms with E-state index in [4.69, 9.17) is 21.9 Å². The first kappa shape index (κ1) is 13.8. The average Bonchev–Trinajstić information content (AvgIpc) is 2.98. The van der Waals surface area contributed by atoms with Crippen LogP contribution in [0.4, 0.5) is 0 Å². The molecule has 0 atom stereocenters. The van der Waals surface area contributed by atoms with Crippen LogP contribution in [-0.2, 0) is 6.42 Å². The van der Waals surface area contributed by atoms with E-state index in [1.54, 1.807) is 6.07 Å². The molecule has 4 nitrogen and oxygen atoms in total. The molecule has 0 fully saturated rings. The Hall–Kier alpha value is -2.17. The van der Waals surface area contributed by atoms with E-state index in [0.717, 1.165) is 23.1 Å². The molecule has 5 heteroatoms. The van der Waals surface area contributed by atoms with E-state index in [-0.39, 0.29) is 0 Å². The zero-order valence-corrected chi connectivity index (χ0v) is 12.0. The molecule has 0 bridgehead atoms. The van der Waals surface area contributed by atoms with Crippen molar-refractivity contribution in [3.63, 3.8) is 0 Å². The lowest BCUT2D eigenvalue weighted by Crippen LogP contribution is -2.03. The minimum absolute atomic E-state index is 0.481. The molecule has 0 unspecified atom stereocenters. The van der Waals surface area contributed by atoms with Gasteiger partial charge >= 0.3 is 0 Å². The normalized spacial score (nSPS) is 10.8. The van der Waals surface area contributed by atoms with Gasteiger partial charge in [-0.05, 0) is 36.7 Å². The molecule has 3 rings (SSSR count). The second kappa shape index (κ2) is 6.08. The van der Waals surface area contributed by atoms with Crippen molar-refractivity contribution in [2.75, 3.05) is 6.54 Å². The third kappa shape index (κ3) is 2.82. The van der Waals surface area contributed by atoms with Gasteiger partial charge in [0.1, 0.15) is 0 Å². The fraction of sp³-hybridized carbons (Fsp3) is 0.125. The topological polar surface area (TPSA) is 64.9 Å². The number of halogens is 1. The SMILES string of the molecule is NCCc1ccccc1-c1nc(-c2ccccc2Cl)no1. The summed E-state index contributed by atoms with van der Waals surface area (Å²) in [7, 11) is 0. The van der Waals surface area contributed by atoms with Gasteiger partial charge in [0, 0.05) is 11.1 Å². The van der Waals surface area contributed by atoms with Gasteiger partial charge in [-0.25, -0.2) is 0 Å². The lowest BCUT2D eigenvalue weighted by molar-refractivity contribution is 0.432. The zero-order chi connectivity index (χ0) is 14.7. The predicted octanol–water partition coefficient (Wildman–Crippen LogP) is 3.56. The molecule has 0 aliphatic rings. The summed E-state index contributed by atoms with van der Waals surface area (Å²) in [6.45, 7) is 0.572. The Balaban J connectivity index is 2.01. The monoisotopic (exact) mass is 299 g/mol. The molecule has 1 heterocycles. The Morgan fingerprint density at radius 1 is 1.00 bits per heavy atom. The zero-order valence-electron chi connectivity index (χ0n) is 11.3. The smallest absolute Gasteiger partial charge is 0.258 e. The molecular formula is C16H14ClN3O. The number of hydrogen-bond donors (Lipinski definition) is 1. The number of benzene rings is 2. The Labute approximate surface area is 127 Å². The summed E-state index contributed by atoms with van der Waals surface area (Å²) in [5.41, 5.74) is 8.40. The Morgan fingerprint density at radius 2 is 1.71 bits per heavy atom. The van der Waals surface area contributed by atoms with Gasteiger partial charge in [0.05, 0.1) is 5.02 Å². The fourth-order valence-corrected chi connectivity index (χ4v) is 2.41. The Morgan fingerprint density at radius 3 is 2.48 bits per heavy atom. The largest absolute Gasteiger partial charge is 0.334 e. The summed E-state index contributed by atoms with van der Waals surface area (Å²) in [6, 6.07) is 15.3. The van der Waals surface area contributed by atoms with E-state index >= 15 is 0 Å². The van der Waals surface area contributed by atoms with Crippen molar-refractivity contribution in [2.45, 2.75) is 6.42 Å². The van der Waals surface area contributed by atoms with E-state index in [9.17, 15) is 0 Å². The standard InChI is InChI=1S/C16H14ClN3O/c17-14-8-4-3-7-13(14)15-19-16(21-20-15)12-6-2-1-5-11(12)9-10-18/h1-8H,9-10,18H2. The number of hydrogen-bond acceptors (Lipinski definition) is 4. The first-order chi connectivity index (χ1) is 10.3. The van der Waals surface area contributed by atoms with Crippen LogP contribution in [0.5, 0.6) is 0 Å². The molecule has 1 aromatic heterocycles. The molecular weight excluding hydrogens is 286 g/mol. The summed E-state index contributed by atoms with van der Waals surface area (Å²) < 4.78 is 5.39. The fourth-order valence-electron chi connectivity index (χ4n) is 2.19. The van der Waals surface area contributed by atoms with Gasteiger partial charge in [-0.2, -0.15) is 4.98 Å². The van der Waals surface area contributed by atoms with Crippen molar-refractivity contribution in [2.24, 2.45) is 5.73 Å². The maximum Gasteiger partial charge on any atom is 0.258 e. The summed E-state index contributed by atoms with van der Waals surface area (Å²) >= 11 is 6.16. The highest BCUT2D eigenvalue weighted by Crippen LogP contribution is 2.28. The first-order valence-corrected chi connectivity index (χ1v) is 7.04. The van der Waals surface area contributed by atoms with Crippen molar-refractivity contribution in [1.29, 1.82) is 0 Å². The van der Waals surface area contributed by atoms with Crippen LogP contribution in [0.1, 0.15) is 5.56 Å². The van der Waals surface area contributed by atoms with Gasteiger partial charge < -0.3 is 10.3 Å². The van der Waals surface area contributed by atoms with Crippen LogP contribution in [-0.4, -0.2) is 16.7 Å². The third-order valence-corrected chi connectivity index (χ3v) is 3.53. The Bertz CT molecular complexity index is 755. The molecule has 0 saturated carbocycles. The average molecular weight is 300 g/mol. The molecule has 2 aromatic carbocycles. The second-order valence-electron chi connectivity index (χ2n) is 4.60. The molecule has 21 heavy (non-hydrogen) atoms. The van der Waals surface area contributed by atoms with E-state index < -0.39 is 0 Å². The maximum atomic E-state index is 6.16. The van der Waals surface area contributed by atoms with Crippen LogP contribution in [0.2, 0.25) is 5.02 Å². The van der Waals surface area contributed by atoms with Crippen LogP contribution in [0.25, 0.3) is 22.8 Å². The minimum Gasteiger partial charge on any atom is -0.334 e. The van der Waals surface area contributed by atoms with Crippen molar-refractivity contribution >= 4 is 11.6 Å². The first-order valence-electron chi connectivity index (χ1n) is 6.66. The molecule has 0 amide bonds. The quantitative estimate of drug-likeness (QED) is 0.800. The number of nitrogens with two attached hydrogens (primary N) is 1.